The highest BCUT2D eigenvalue weighted by molar-refractivity contribution is 5.13. The molecule has 0 radical (unpaired) electrons. The largest absolute Gasteiger partial charge is 0.460 e. The SMILES string of the molecule is C1CCCC1.C=CC(F)(F)C(F)(F)C(F)(F)C(F)(F)C(F)(F)C(F)(F)F. The third kappa shape index (κ3) is 4.05. The van der Waals surface area contributed by atoms with E-state index in [0.29, 0.717) is 0 Å². The van der Waals surface area contributed by atoms with Crippen molar-refractivity contribution in [2.45, 2.75) is 67.9 Å². The van der Waals surface area contributed by atoms with Crippen LogP contribution in [0.5, 0.6) is 0 Å². The van der Waals surface area contributed by atoms with Crippen LogP contribution in [-0.2, 0) is 0 Å². The van der Waals surface area contributed by atoms with Gasteiger partial charge in [-0.1, -0.05) is 38.7 Å². The van der Waals surface area contributed by atoms with Gasteiger partial charge in [0, 0.05) is 0 Å². The standard InChI is InChI=1S/C8H3F13.C5H10/c1-2-3(9,10)4(11,12)5(13,14)6(15,16)7(17,18)8(19,20)21;1-2-4-5-3-1/h2H,1H2;1-5H2. The lowest BCUT2D eigenvalue weighted by molar-refractivity contribution is -0.436. The first-order valence-corrected chi connectivity index (χ1v) is 6.90. The van der Waals surface area contributed by atoms with E-state index in [1.807, 2.05) is 6.58 Å². The second kappa shape index (κ2) is 7.45. The molecule has 0 bridgehead atoms. The van der Waals surface area contributed by atoms with Gasteiger partial charge in [-0.25, -0.2) is 0 Å². The molecule has 26 heavy (non-hydrogen) atoms. The lowest BCUT2D eigenvalue weighted by atomic mass is 9.94. The van der Waals surface area contributed by atoms with Crippen molar-refractivity contribution < 1.29 is 57.1 Å². The maximum Gasteiger partial charge on any atom is 0.460 e. The zero-order valence-corrected chi connectivity index (χ0v) is 12.7. The minimum atomic E-state index is -7.85. The molecule has 1 rings (SSSR count). The van der Waals surface area contributed by atoms with Crippen molar-refractivity contribution in [3.63, 3.8) is 0 Å². The predicted octanol–water partition coefficient (Wildman–Crippen LogP) is 6.86. The second-order valence-corrected chi connectivity index (χ2v) is 5.39. The molecule has 0 aromatic rings. The van der Waals surface area contributed by atoms with Crippen molar-refractivity contribution in [2.24, 2.45) is 0 Å². The maximum atomic E-state index is 12.7. The molecule has 1 saturated carbocycles. The number of halogens is 13. The number of hydrogen-bond acceptors (Lipinski definition) is 0. The first kappa shape index (κ1) is 24.8. The Hall–Kier alpha value is -1.17. The maximum absolute atomic E-state index is 12.7. The number of allylic oxidation sites excluding steroid dienone is 1. The summed E-state index contributed by atoms with van der Waals surface area (Å²) < 4.78 is 160. The Morgan fingerprint density at radius 1 is 0.462 bits per heavy atom. The van der Waals surface area contributed by atoms with Crippen molar-refractivity contribution in [3.05, 3.63) is 12.7 Å². The lowest BCUT2D eigenvalue weighted by Crippen LogP contribution is -2.69. The van der Waals surface area contributed by atoms with Crippen molar-refractivity contribution in [1.29, 1.82) is 0 Å². The van der Waals surface area contributed by atoms with E-state index in [9.17, 15) is 57.1 Å². The van der Waals surface area contributed by atoms with Gasteiger partial charge in [0.1, 0.15) is 0 Å². The summed E-state index contributed by atoms with van der Waals surface area (Å²) in [4.78, 5) is 0. The molecule has 0 atom stereocenters. The molecule has 13 heteroatoms. The average molecular weight is 416 g/mol. The smallest absolute Gasteiger partial charge is 0.195 e. The summed E-state index contributed by atoms with van der Waals surface area (Å²) in [7, 11) is 0. The van der Waals surface area contributed by atoms with Crippen molar-refractivity contribution in [1.82, 2.24) is 0 Å². The molecule has 1 fully saturated rings. The molecule has 0 heterocycles. The van der Waals surface area contributed by atoms with Gasteiger partial charge in [-0.2, -0.15) is 57.1 Å². The van der Waals surface area contributed by atoms with Crippen LogP contribution in [0.3, 0.4) is 0 Å². The molecule has 0 nitrogen and oxygen atoms in total. The molecule has 0 aromatic heterocycles. The van der Waals surface area contributed by atoms with Crippen LogP contribution in [0.4, 0.5) is 57.1 Å². The Labute approximate surface area is 139 Å². The molecule has 0 unspecified atom stereocenters. The topological polar surface area (TPSA) is 0 Å². The summed E-state index contributed by atoms with van der Waals surface area (Å²) in [5, 5.41) is 0. The second-order valence-electron chi connectivity index (χ2n) is 5.39. The van der Waals surface area contributed by atoms with Gasteiger partial charge < -0.3 is 0 Å². The third-order valence-corrected chi connectivity index (χ3v) is 3.46. The van der Waals surface area contributed by atoms with E-state index < -0.39 is 41.9 Å². The summed E-state index contributed by atoms with van der Waals surface area (Å²) in [5.74, 6) is -36.7. The predicted molar refractivity (Wildman–Crippen MR) is 64.1 cm³/mol. The lowest BCUT2D eigenvalue weighted by Gasteiger charge is -2.38. The van der Waals surface area contributed by atoms with Crippen molar-refractivity contribution in [2.75, 3.05) is 0 Å². The summed E-state index contributed by atoms with van der Waals surface area (Å²) in [6.07, 6.45) is -1.18. The van der Waals surface area contributed by atoms with Crippen LogP contribution in [-0.4, -0.2) is 35.8 Å². The zero-order chi connectivity index (χ0) is 21.2. The van der Waals surface area contributed by atoms with Crippen LogP contribution in [0.25, 0.3) is 0 Å². The van der Waals surface area contributed by atoms with Gasteiger partial charge in [0.25, 0.3) is 0 Å². The molecule has 156 valence electrons. The summed E-state index contributed by atoms with van der Waals surface area (Å²) >= 11 is 0. The van der Waals surface area contributed by atoms with E-state index in [-0.39, 0.29) is 0 Å². The quantitative estimate of drug-likeness (QED) is 0.339. The Bertz CT molecular complexity index is 463. The van der Waals surface area contributed by atoms with E-state index in [2.05, 4.69) is 0 Å². The Balaban J connectivity index is 0.00000106. The zero-order valence-electron chi connectivity index (χ0n) is 12.7. The Kier molecular flexibility index (Phi) is 7.12. The van der Waals surface area contributed by atoms with E-state index in [1.165, 1.54) is 32.1 Å². The van der Waals surface area contributed by atoms with Gasteiger partial charge in [0.2, 0.25) is 0 Å². The number of alkyl halides is 13. The van der Waals surface area contributed by atoms with Crippen LogP contribution in [0, 0.1) is 0 Å². The summed E-state index contributed by atoms with van der Waals surface area (Å²) in [5.41, 5.74) is 0. The van der Waals surface area contributed by atoms with Crippen LogP contribution in [0.1, 0.15) is 32.1 Å². The highest BCUT2D eigenvalue weighted by atomic mass is 19.4. The van der Waals surface area contributed by atoms with Crippen LogP contribution in [0.2, 0.25) is 0 Å². The van der Waals surface area contributed by atoms with E-state index >= 15 is 0 Å². The van der Waals surface area contributed by atoms with Crippen molar-refractivity contribution in [3.8, 4) is 0 Å². The fourth-order valence-electron chi connectivity index (χ4n) is 1.79. The minimum absolute atomic E-state index is 1.29. The van der Waals surface area contributed by atoms with Gasteiger partial charge in [-0.05, 0) is 6.08 Å². The van der Waals surface area contributed by atoms with Gasteiger partial charge >= 0.3 is 35.8 Å². The first-order valence-electron chi connectivity index (χ1n) is 6.90. The van der Waals surface area contributed by atoms with Crippen LogP contribution in [0.15, 0.2) is 12.7 Å². The minimum Gasteiger partial charge on any atom is -0.195 e. The molecule has 0 aromatic carbocycles. The molecule has 1 aliphatic carbocycles. The third-order valence-electron chi connectivity index (χ3n) is 3.46. The van der Waals surface area contributed by atoms with Crippen LogP contribution < -0.4 is 0 Å². The van der Waals surface area contributed by atoms with Crippen molar-refractivity contribution >= 4 is 0 Å². The molecule has 0 saturated heterocycles. The van der Waals surface area contributed by atoms with E-state index in [0.717, 1.165) is 0 Å². The fourth-order valence-corrected chi connectivity index (χ4v) is 1.79. The average Bonchev–Trinajstić information content (AvgIpc) is 3.04. The molecule has 0 amide bonds. The molecule has 0 N–H and O–H groups in total. The fraction of sp³-hybridized carbons (Fsp3) is 0.846. The molecule has 0 aliphatic heterocycles. The highest BCUT2D eigenvalue weighted by Gasteiger charge is 2.90. The highest BCUT2D eigenvalue weighted by Crippen LogP contribution is 2.60. The number of hydrogen-bond donors (Lipinski definition) is 0. The van der Waals surface area contributed by atoms with Gasteiger partial charge in [0.15, 0.2) is 0 Å². The van der Waals surface area contributed by atoms with Gasteiger partial charge in [-0.3, -0.25) is 0 Å². The Morgan fingerprint density at radius 2 is 0.731 bits per heavy atom. The Morgan fingerprint density at radius 3 is 0.962 bits per heavy atom. The van der Waals surface area contributed by atoms with E-state index in [4.69, 9.17) is 0 Å². The summed E-state index contributed by atoms with van der Waals surface area (Å²) in [6, 6.07) is 0. The first-order chi connectivity index (χ1) is 11.3. The molecular weight excluding hydrogens is 403 g/mol. The summed E-state index contributed by atoms with van der Waals surface area (Å²) in [6.45, 7) is 1.89. The van der Waals surface area contributed by atoms with Crippen LogP contribution >= 0.6 is 0 Å². The molecular formula is C13H13F13. The normalized spacial score (nSPS) is 17.6. The number of rotatable bonds is 5. The molecule has 0 spiro atoms. The van der Waals surface area contributed by atoms with Gasteiger partial charge in [0.05, 0.1) is 0 Å². The van der Waals surface area contributed by atoms with E-state index in [1.54, 1.807) is 0 Å². The van der Waals surface area contributed by atoms with Gasteiger partial charge in [-0.15, -0.1) is 0 Å². The monoisotopic (exact) mass is 416 g/mol. The molecule has 1 aliphatic rings.